The lowest BCUT2D eigenvalue weighted by atomic mass is 10.3. The van der Waals surface area contributed by atoms with E-state index in [9.17, 15) is 9.59 Å². The highest BCUT2D eigenvalue weighted by Crippen LogP contribution is 2.11. The van der Waals surface area contributed by atoms with Crippen LogP contribution in [-0.2, 0) is 0 Å². The van der Waals surface area contributed by atoms with Crippen LogP contribution in [0.5, 0.6) is 0 Å². The lowest BCUT2D eigenvalue weighted by Gasteiger charge is -2.09. The van der Waals surface area contributed by atoms with Crippen molar-refractivity contribution < 1.29 is 14.7 Å². The number of carboxylic acids is 1. The number of nitrogens with zero attached hydrogens (tertiary/aromatic N) is 2. The fourth-order valence-corrected chi connectivity index (χ4v) is 1.96. The van der Waals surface area contributed by atoms with Crippen LogP contribution in [0.15, 0.2) is 17.8 Å². The van der Waals surface area contributed by atoms with E-state index in [4.69, 9.17) is 5.11 Å². The number of imidazole rings is 1. The van der Waals surface area contributed by atoms with Gasteiger partial charge in [-0.05, 0) is 6.92 Å². The standard InChI is InChI=1S/C10H10N4O3S/c1-5(7-11-2-3-12-7)13-8(15)6-4-18-9(14-6)10(16)17/h2-5H,1H3,(H,11,12)(H,13,15)(H,16,17). The van der Waals surface area contributed by atoms with Gasteiger partial charge >= 0.3 is 5.97 Å². The van der Waals surface area contributed by atoms with Crippen molar-refractivity contribution in [1.29, 1.82) is 0 Å². The first-order valence-corrected chi connectivity index (χ1v) is 5.95. The molecule has 1 atom stereocenters. The van der Waals surface area contributed by atoms with Gasteiger partial charge in [0.05, 0.1) is 6.04 Å². The second-order valence-electron chi connectivity index (χ2n) is 3.51. The molecule has 8 heteroatoms. The van der Waals surface area contributed by atoms with Crippen LogP contribution in [0.2, 0.25) is 0 Å². The van der Waals surface area contributed by atoms with Crippen molar-refractivity contribution >= 4 is 23.2 Å². The zero-order valence-corrected chi connectivity index (χ0v) is 10.2. The SMILES string of the molecule is CC(NC(=O)c1csc(C(=O)O)n1)c1ncc[nH]1. The molecule has 0 aromatic carbocycles. The van der Waals surface area contributed by atoms with Gasteiger partial charge in [-0.3, -0.25) is 4.79 Å². The van der Waals surface area contributed by atoms with E-state index in [1.54, 1.807) is 19.3 Å². The summed E-state index contributed by atoms with van der Waals surface area (Å²) >= 11 is 0.916. The van der Waals surface area contributed by atoms with Crippen molar-refractivity contribution in [3.63, 3.8) is 0 Å². The van der Waals surface area contributed by atoms with Crippen molar-refractivity contribution in [2.75, 3.05) is 0 Å². The summed E-state index contributed by atoms with van der Waals surface area (Å²) in [6.07, 6.45) is 3.24. The van der Waals surface area contributed by atoms with Gasteiger partial charge in [0.1, 0.15) is 11.5 Å². The number of aromatic nitrogens is 3. The second kappa shape index (κ2) is 4.96. The predicted molar refractivity (Wildman–Crippen MR) is 63.5 cm³/mol. The van der Waals surface area contributed by atoms with Crippen LogP contribution in [0, 0.1) is 0 Å². The summed E-state index contributed by atoms with van der Waals surface area (Å²) in [5.41, 5.74) is 0.0933. The number of rotatable bonds is 4. The predicted octanol–water partition coefficient (Wildman–Crippen LogP) is 1.06. The number of carboxylic acid groups (broad SMARTS) is 1. The molecule has 94 valence electrons. The Kier molecular flexibility index (Phi) is 3.38. The summed E-state index contributed by atoms with van der Waals surface area (Å²) in [6, 6.07) is -0.303. The average Bonchev–Trinajstić information content (AvgIpc) is 3.00. The molecule has 2 aromatic rings. The van der Waals surface area contributed by atoms with Crippen molar-refractivity contribution in [2.45, 2.75) is 13.0 Å². The van der Waals surface area contributed by atoms with E-state index < -0.39 is 11.9 Å². The number of hydrogen-bond donors (Lipinski definition) is 3. The quantitative estimate of drug-likeness (QED) is 0.766. The zero-order chi connectivity index (χ0) is 13.1. The number of amides is 1. The summed E-state index contributed by atoms with van der Waals surface area (Å²) in [5.74, 6) is -0.946. The average molecular weight is 266 g/mol. The smallest absolute Gasteiger partial charge is 0.365 e. The molecule has 1 unspecified atom stereocenters. The van der Waals surface area contributed by atoms with Gasteiger partial charge in [-0.15, -0.1) is 11.3 Å². The molecule has 0 aliphatic heterocycles. The van der Waals surface area contributed by atoms with Gasteiger partial charge in [0.25, 0.3) is 5.91 Å². The summed E-state index contributed by atoms with van der Waals surface area (Å²) in [7, 11) is 0. The summed E-state index contributed by atoms with van der Waals surface area (Å²) < 4.78 is 0. The van der Waals surface area contributed by atoms with Gasteiger partial charge in [0.15, 0.2) is 0 Å². The highest BCUT2D eigenvalue weighted by Gasteiger charge is 2.17. The zero-order valence-electron chi connectivity index (χ0n) is 9.38. The minimum atomic E-state index is -1.14. The molecule has 0 fully saturated rings. The molecule has 3 N–H and O–H groups in total. The third-order valence-electron chi connectivity index (χ3n) is 2.20. The topological polar surface area (TPSA) is 108 Å². The Morgan fingerprint density at radius 1 is 1.56 bits per heavy atom. The van der Waals surface area contributed by atoms with E-state index in [0.717, 1.165) is 11.3 Å². The number of aromatic amines is 1. The van der Waals surface area contributed by atoms with Crippen molar-refractivity contribution in [2.24, 2.45) is 0 Å². The van der Waals surface area contributed by atoms with Crippen LogP contribution in [0.1, 0.15) is 39.1 Å². The lowest BCUT2D eigenvalue weighted by Crippen LogP contribution is -2.27. The summed E-state index contributed by atoms with van der Waals surface area (Å²) in [6.45, 7) is 1.77. The highest BCUT2D eigenvalue weighted by atomic mass is 32.1. The molecule has 1 amide bonds. The summed E-state index contributed by atoms with van der Waals surface area (Å²) in [5, 5.41) is 12.7. The van der Waals surface area contributed by atoms with E-state index in [1.807, 2.05) is 0 Å². The Labute approximate surface area is 106 Å². The molecular formula is C10H10N4O3S. The van der Waals surface area contributed by atoms with Crippen LogP contribution in [0.25, 0.3) is 0 Å². The van der Waals surface area contributed by atoms with Crippen LogP contribution in [-0.4, -0.2) is 31.9 Å². The number of thiazole rings is 1. The Bertz CT molecular complexity index is 563. The Morgan fingerprint density at radius 2 is 2.33 bits per heavy atom. The maximum absolute atomic E-state index is 11.8. The van der Waals surface area contributed by atoms with E-state index in [1.165, 1.54) is 5.38 Å². The summed E-state index contributed by atoms with van der Waals surface area (Å²) in [4.78, 5) is 33.0. The number of aromatic carboxylic acids is 1. The van der Waals surface area contributed by atoms with Crippen LogP contribution in [0.3, 0.4) is 0 Å². The largest absolute Gasteiger partial charge is 0.476 e. The number of nitrogens with one attached hydrogen (secondary N) is 2. The molecule has 18 heavy (non-hydrogen) atoms. The van der Waals surface area contributed by atoms with Crippen molar-refractivity contribution in [3.8, 4) is 0 Å². The van der Waals surface area contributed by atoms with Crippen molar-refractivity contribution in [3.05, 3.63) is 34.3 Å². The monoisotopic (exact) mass is 266 g/mol. The van der Waals surface area contributed by atoms with Gasteiger partial charge in [-0.2, -0.15) is 0 Å². The van der Waals surface area contributed by atoms with Crippen LogP contribution < -0.4 is 5.32 Å². The van der Waals surface area contributed by atoms with Crippen LogP contribution in [0.4, 0.5) is 0 Å². The molecule has 0 saturated heterocycles. The van der Waals surface area contributed by atoms with Gasteiger partial charge < -0.3 is 15.4 Å². The Hall–Kier alpha value is -2.22. The van der Waals surface area contributed by atoms with E-state index >= 15 is 0 Å². The lowest BCUT2D eigenvalue weighted by molar-refractivity contribution is 0.0696. The van der Waals surface area contributed by atoms with Gasteiger partial charge in [0, 0.05) is 17.8 Å². The van der Waals surface area contributed by atoms with Crippen molar-refractivity contribution in [1.82, 2.24) is 20.3 Å². The molecule has 0 spiro atoms. The maximum Gasteiger partial charge on any atom is 0.365 e. The van der Waals surface area contributed by atoms with E-state index in [0.29, 0.717) is 5.82 Å². The number of carbonyl (C=O) groups excluding carboxylic acids is 1. The van der Waals surface area contributed by atoms with Gasteiger partial charge in [-0.25, -0.2) is 14.8 Å². The third-order valence-corrected chi connectivity index (χ3v) is 3.03. The third kappa shape index (κ3) is 2.54. The molecule has 7 nitrogen and oxygen atoms in total. The fraction of sp³-hybridized carbons (Fsp3) is 0.200. The minimum Gasteiger partial charge on any atom is -0.476 e. The number of H-pyrrole nitrogens is 1. The molecule has 2 rings (SSSR count). The number of carbonyl (C=O) groups is 2. The minimum absolute atomic E-state index is 0.0933. The first-order chi connectivity index (χ1) is 8.58. The Morgan fingerprint density at radius 3 is 2.89 bits per heavy atom. The van der Waals surface area contributed by atoms with Gasteiger partial charge in [0.2, 0.25) is 5.01 Å². The molecular weight excluding hydrogens is 256 g/mol. The van der Waals surface area contributed by atoms with Gasteiger partial charge in [-0.1, -0.05) is 0 Å². The molecule has 0 bridgehead atoms. The highest BCUT2D eigenvalue weighted by molar-refractivity contribution is 7.11. The number of hydrogen-bond acceptors (Lipinski definition) is 5. The normalized spacial score (nSPS) is 12.1. The first-order valence-electron chi connectivity index (χ1n) is 5.07. The Balaban J connectivity index is 2.05. The second-order valence-corrected chi connectivity index (χ2v) is 4.37. The van der Waals surface area contributed by atoms with E-state index in [2.05, 4.69) is 20.3 Å². The molecule has 0 aliphatic carbocycles. The van der Waals surface area contributed by atoms with Crippen LogP contribution >= 0.6 is 11.3 Å². The maximum atomic E-state index is 11.8. The first kappa shape index (κ1) is 12.2. The van der Waals surface area contributed by atoms with E-state index in [-0.39, 0.29) is 16.7 Å². The molecule has 0 radical (unpaired) electrons. The molecule has 0 aliphatic rings. The molecule has 2 heterocycles. The molecule has 0 saturated carbocycles. The fourth-order valence-electron chi connectivity index (χ4n) is 1.33. The molecule has 2 aromatic heterocycles.